The number of rotatable bonds is 3. The van der Waals surface area contributed by atoms with Crippen LogP contribution in [0.25, 0.3) is 0 Å². The number of aromatic nitrogens is 1. The van der Waals surface area contributed by atoms with Crippen LogP contribution in [-0.4, -0.2) is 23.7 Å². The van der Waals surface area contributed by atoms with Gasteiger partial charge in [0.2, 0.25) is 0 Å². The highest BCUT2D eigenvalue weighted by Gasteiger charge is 2.17. The predicted octanol–water partition coefficient (Wildman–Crippen LogP) is 1.29. The Bertz CT molecular complexity index is 363. The van der Waals surface area contributed by atoms with Crippen LogP contribution in [0.3, 0.4) is 0 Å². The lowest BCUT2D eigenvalue weighted by Crippen LogP contribution is -2.33. The van der Waals surface area contributed by atoms with Crippen LogP contribution in [0.2, 0.25) is 0 Å². The molecular weight excluding hydrogens is 204 g/mol. The molecule has 0 spiro atoms. The van der Waals surface area contributed by atoms with Gasteiger partial charge in [-0.1, -0.05) is 0 Å². The maximum Gasteiger partial charge on any atom is 0.322 e. The van der Waals surface area contributed by atoms with E-state index >= 15 is 0 Å². The minimum absolute atomic E-state index is 0.0492. The van der Waals surface area contributed by atoms with Gasteiger partial charge in [0.05, 0.1) is 7.11 Å². The van der Waals surface area contributed by atoms with Crippen molar-refractivity contribution in [2.45, 2.75) is 38.8 Å². The maximum atomic E-state index is 11.2. The number of esters is 1. The fourth-order valence-corrected chi connectivity index (χ4v) is 1.47. The lowest BCUT2D eigenvalue weighted by atomic mass is 10.1. The summed E-state index contributed by atoms with van der Waals surface area (Å²) in [5.41, 5.74) is 6.79. The third kappa shape index (κ3) is 3.10. The number of nitrogens with two attached hydrogens (primary N) is 1. The quantitative estimate of drug-likeness (QED) is 0.787. The number of carbonyl (C=O) groups excluding carboxylic acids is 1. The minimum Gasteiger partial charge on any atom is -0.468 e. The highest BCUT2D eigenvalue weighted by atomic mass is 16.5. The van der Waals surface area contributed by atoms with Gasteiger partial charge in [0.1, 0.15) is 6.04 Å². The van der Waals surface area contributed by atoms with Gasteiger partial charge in [0, 0.05) is 17.9 Å². The Labute approximate surface area is 96.4 Å². The first-order valence-electron chi connectivity index (χ1n) is 5.35. The Kier molecular flexibility index (Phi) is 3.75. The highest BCUT2D eigenvalue weighted by molar-refractivity contribution is 5.75. The normalized spacial score (nSPS) is 13.6. The number of hydrogen-bond donors (Lipinski definition) is 1. The zero-order chi connectivity index (χ0) is 12.3. The number of carbonyl (C=O) groups is 1. The van der Waals surface area contributed by atoms with Gasteiger partial charge in [-0.2, -0.15) is 0 Å². The third-order valence-corrected chi connectivity index (χ3v) is 2.49. The number of methoxy groups -OCH3 is 1. The molecule has 0 fully saturated rings. The summed E-state index contributed by atoms with van der Waals surface area (Å²) < 4.78 is 6.69. The summed E-state index contributed by atoms with van der Waals surface area (Å²) in [4.78, 5) is 11.2. The van der Waals surface area contributed by atoms with E-state index in [1.165, 1.54) is 7.11 Å². The molecule has 1 rings (SSSR count). The molecule has 0 aliphatic rings. The zero-order valence-corrected chi connectivity index (χ0v) is 10.4. The molecule has 2 N–H and O–H groups in total. The van der Waals surface area contributed by atoms with Crippen LogP contribution in [0.1, 0.15) is 26.3 Å². The molecule has 1 aromatic heterocycles. The summed E-state index contributed by atoms with van der Waals surface area (Å²) in [6.45, 7) is 6.37. The van der Waals surface area contributed by atoms with Crippen molar-refractivity contribution >= 4 is 5.97 Å². The molecule has 0 saturated carbocycles. The van der Waals surface area contributed by atoms with Gasteiger partial charge in [0.15, 0.2) is 0 Å². The van der Waals surface area contributed by atoms with Gasteiger partial charge < -0.3 is 15.0 Å². The zero-order valence-electron chi connectivity index (χ0n) is 10.4. The Hall–Kier alpha value is -1.29. The van der Waals surface area contributed by atoms with Crippen molar-refractivity contribution in [2.75, 3.05) is 7.11 Å². The van der Waals surface area contributed by atoms with E-state index in [0.717, 1.165) is 5.56 Å². The summed E-state index contributed by atoms with van der Waals surface area (Å²) in [6.07, 6.45) is 4.53. The first-order chi connectivity index (χ1) is 7.34. The molecule has 1 heterocycles. The molecule has 0 bridgehead atoms. The van der Waals surface area contributed by atoms with Gasteiger partial charge in [-0.25, -0.2) is 0 Å². The van der Waals surface area contributed by atoms with E-state index in [4.69, 9.17) is 5.73 Å². The summed E-state index contributed by atoms with van der Waals surface area (Å²) in [7, 11) is 1.35. The summed E-state index contributed by atoms with van der Waals surface area (Å²) in [5, 5.41) is 0. The largest absolute Gasteiger partial charge is 0.468 e. The fourth-order valence-electron chi connectivity index (χ4n) is 1.47. The fraction of sp³-hybridized carbons (Fsp3) is 0.583. The SMILES string of the molecule is COC(=O)C(N)Cc1ccn(C(C)(C)C)c1. The smallest absolute Gasteiger partial charge is 0.322 e. The van der Waals surface area contributed by atoms with Crippen molar-refractivity contribution in [3.05, 3.63) is 24.0 Å². The van der Waals surface area contributed by atoms with Crippen molar-refractivity contribution < 1.29 is 9.53 Å². The van der Waals surface area contributed by atoms with Crippen LogP contribution in [0.5, 0.6) is 0 Å². The van der Waals surface area contributed by atoms with Gasteiger partial charge in [-0.15, -0.1) is 0 Å². The molecule has 1 aromatic rings. The second-order valence-electron chi connectivity index (χ2n) is 4.93. The maximum absolute atomic E-state index is 11.2. The van der Waals surface area contributed by atoms with Crippen molar-refractivity contribution in [3.8, 4) is 0 Å². The summed E-state index contributed by atoms with van der Waals surface area (Å²) >= 11 is 0. The molecule has 0 aromatic carbocycles. The second-order valence-corrected chi connectivity index (χ2v) is 4.93. The molecule has 0 saturated heterocycles. The van der Waals surface area contributed by atoms with Crippen LogP contribution in [-0.2, 0) is 21.5 Å². The molecular formula is C12H20N2O2. The minimum atomic E-state index is -0.583. The first-order valence-corrected chi connectivity index (χ1v) is 5.35. The second kappa shape index (κ2) is 4.70. The summed E-state index contributed by atoms with van der Waals surface area (Å²) in [6, 6.07) is 1.40. The molecule has 4 heteroatoms. The van der Waals surface area contributed by atoms with E-state index in [1.807, 2.05) is 18.5 Å². The van der Waals surface area contributed by atoms with Crippen molar-refractivity contribution in [2.24, 2.45) is 5.73 Å². The molecule has 1 unspecified atom stereocenters. The van der Waals surface area contributed by atoms with Gasteiger partial charge in [-0.05, 0) is 38.8 Å². The van der Waals surface area contributed by atoms with Crippen LogP contribution >= 0.6 is 0 Å². The van der Waals surface area contributed by atoms with Crippen molar-refractivity contribution in [1.82, 2.24) is 4.57 Å². The van der Waals surface area contributed by atoms with E-state index in [9.17, 15) is 4.79 Å². The topological polar surface area (TPSA) is 57.2 Å². The average molecular weight is 224 g/mol. The van der Waals surface area contributed by atoms with E-state index in [0.29, 0.717) is 6.42 Å². The van der Waals surface area contributed by atoms with E-state index in [1.54, 1.807) is 0 Å². The Morgan fingerprint density at radius 2 is 2.19 bits per heavy atom. The third-order valence-electron chi connectivity index (χ3n) is 2.49. The average Bonchev–Trinajstić information content (AvgIpc) is 2.64. The number of nitrogens with zero attached hydrogens (tertiary/aromatic N) is 1. The van der Waals surface area contributed by atoms with Crippen LogP contribution in [0.4, 0.5) is 0 Å². The predicted molar refractivity (Wildman–Crippen MR) is 63.1 cm³/mol. The molecule has 0 amide bonds. The van der Waals surface area contributed by atoms with Gasteiger partial charge in [0.25, 0.3) is 0 Å². The Morgan fingerprint density at radius 1 is 1.56 bits per heavy atom. The van der Waals surface area contributed by atoms with Gasteiger partial charge in [-0.3, -0.25) is 4.79 Å². The molecule has 0 radical (unpaired) electrons. The Morgan fingerprint density at radius 3 is 2.62 bits per heavy atom. The van der Waals surface area contributed by atoms with Crippen LogP contribution < -0.4 is 5.73 Å². The van der Waals surface area contributed by atoms with Crippen LogP contribution in [0.15, 0.2) is 18.5 Å². The van der Waals surface area contributed by atoms with E-state index in [2.05, 4.69) is 30.1 Å². The molecule has 0 aliphatic carbocycles. The Balaban J connectivity index is 2.69. The monoisotopic (exact) mass is 224 g/mol. The molecule has 90 valence electrons. The number of hydrogen-bond acceptors (Lipinski definition) is 3. The standard InChI is InChI=1S/C12H20N2O2/c1-12(2,3)14-6-5-9(8-14)7-10(13)11(15)16-4/h5-6,8,10H,7,13H2,1-4H3. The molecule has 4 nitrogen and oxygen atoms in total. The lowest BCUT2D eigenvalue weighted by molar-refractivity contribution is -0.142. The van der Waals surface area contributed by atoms with Crippen molar-refractivity contribution in [1.29, 1.82) is 0 Å². The molecule has 16 heavy (non-hydrogen) atoms. The van der Waals surface area contributed by atoms with E-state index in [-0.39, 0.29) is 11.5 Å². The molecule has 1 atom stereocenters. The van der Waals surface area contributed by atoms with E-state index < -0.39 is 6.04 Å². The molecule has 0 aliphatic heterocycles. The van der Waals surface area contributed by atoms with Gasteiger partial charge >= 0.3 is 5.97 Å². The first kappa shape index (κ1) is 12.8. The van der Waals surface area contributed by atoms with Crippen molar-refractivity contribution in [3.63, 3.8) is 0 Å². The summed E-state index contributed by atoms with van der Waals surface area (Å²) in [5.74, 6) is -0.372. The van der Waals surface area contributed by atoms with Crippen LogP contribution in [0, 0.1) is 0 Å². The highest BCUT2D eigenvalue weighted by Crippen LogP contribution is 2.16. The number of ether oxygens (including phenoxy) is 1. The lowest BCUT2D eigenvalue weighted by Gasteiger charge is -2.21.